The van der Waals surface area contributed by atoms with Gasteiger partial charge in [-0.25, -0.2) is 14.6 Å². The highest BCUT2D eigenvalue weighted by molar-refractivity contribution is 5.92. The van der Waals surface area contributed by atoms with Gasteiger partial charge in [0, 0.05) is 12.7 Å². The number of aromatic hydroxyl groups is 1. The zero-order valence-corrected chi connectivity index (χ0v) is 17.7. The number of hydrogen-bond donors (Lipinski definition) is 3. The van der Waals surface area contributed by atoms with Gasteiger partial charge in [0.2, 0.25) is 0 Å². The number of pyridine rings is 1. The Kier molecular flexibility index (Phi) is 5.73. The van der Waals surface area contributed by atoms with Gasteiger partial charge in [-0.2, -0.15) is 0 Å². The van der Waals surface area contributed by atoms with E-state index in [0.29, 0.717) is 16.9 Å². The third-order valence-electron chi connectivity index (χ3n) is 5.72. The summed E-state index contributed by atoms with van der Waals surface area (Å²) in [6.07, 6.45) is 2.57. The molecule has 0 bridgehead atoms. The standard InChI is InChI=1S/C23H20N4O4.ClH/c28-20-8-5-15(12-18(20)22(29)30)14-3-6-16(7-4-14)26-19-2-1-10-25-21(19)27(23(26)31)17-9-11-24-13-17;/h1-8,10,12,17,24,28H,9,11,13H2,(H,29,30);1H. The van der Waals surface area contributed by atoms with Crippen molar-refractivity contribution in [2.75, 3.05) is 13.1 Å². The van der Waals surface area contributed by atoms with Crippen LogP contribution in [0.3, 0.4) is 0 Å². The molecule has 0 radical (unpaired) electrons. The van der Waals surface area contributed by atoms with Gasteiger partial charge in [0.1, 0.15) is 11.3 Å². The number of benzene rings is 2. The average Bonchev–Trinajstić information content (AvgIpc) is 3.39. The Labute approximate surface area is 189 Å². The molecule has 1 saturated heterocycles. The van der Waals surface area contributed by atoms with E-state index in [0.717, 1.165) is 30.6 Å². The maximum atomic E-state index is 13.4. The van der Waals surface area contributed by atoms with Crippen molar-refractivity contribution in [2.24, 2.45) is 0 Å². The molecule has 164 valence electrons. The van der Waals surface area contributed by atoms with Crippen LogP contribution in [0.1, 0.15) is 22.8 Å². The van der Waals surface area contributed by atoms with E-state index in [1.807, 2.05) is 36.4 Å². The molecule has 3 N–H and O–H groups in total. The van der Waals surface area contributed by atoms with Gasteiger partial charge in [0.15, 0.2) is 5.65 Å². The number of carboxylic acids is 1. The Morgan fingerprint density at radius 2 is 1.84 bits per heavy atom. The first-order valence-corrected chi connectivity index (χ1v) is 10.0. The molecular formula is C23H21ClN4O4. The minimum Gasteiger partial charge on any atom is -0.507 e. The van der Waals surface area contributed by atoms with E-state index in [9.17, 15) is 19.8 Å². The Hall–Kier alpha value is -3.62. The predicted octanol–water partition coefficient (Wildman–Crippen LogP) is 3.21. The van der Waals surface area contributed by atoms with Crippen LogP contribution in [0.5, 0.6) is 5.75 Å². The van der Waals surface area contributed by atoms with Crippen LogP contribution in [-0.2, 0) is 0 Å². The number of imidazole rings is 1. The summed E-state index contributed by atoms with van der Waals surface area (Å²) in [6, 6.07) is 15.5. The molecule has 2 aromatic heterocycles. The molecule has 0 spiro atoms. The van der Waals surface area contributed by atoms with Crippen LogP contribution in [0, 0.1) is 0 Å². The molecule has 2 aromatic carbocycles. The van der Waals surface area contributed by atoms with Crippen molar-refractivity contribution in [2.45, 2.75) is 12.5 Å². The molecule has 4 aromatic rings. The van der Waals surface area contributed by atoms with Gasteiger partial charge in [-0.05, 0) is 60.5 Å². The van der Waals surface area contributed by atoms with Crippen molar-refractivity contribution >= 4 is 29.5 Å². The number of carboxylic acid groups (broad SMARTS) is 1. The highest BCUT2D eigenvalue weighted by atomic mass is 35.5. The fraction of sp³-hybridized carbons (Fsp3) is 0.174. The first kappa shape index (κ1) is 21.6. The summed E-state index contributed by atoms with van der Waals surface area (Å²) < 4.78 is 3.42. The molecule has 32 heavy (non-hydrogen) atoms. The first-order valence-electron chi connectivity index (χ1n) is 10.0. The Morgan fingerprint density at radius 1 is 1.09 bits per heavy atom. The number of nitrogens with one attached hydrogen (secondary N) is 1. The minimum absolute atomic E-state index is 0. The lowest BCUT2D eigenvalue weighted by molar-refractivity contribution is 0.0694. The second-order valence-electron chi connectivity index (χ2n) is 7.56. The largest absolute Gasteiger partial charge is 0.507 e. The number of phenols is 1. The molecule has 1 aliphatic rings. The summed E-state index contributed by atoms with van der Waals surface area (Å²) >= 11 is 0. The third kappa shape index (κ3) is 3.53. The zero-order valence-electron chi connectivity index (χ0n) is 16.9. The van der Waals surface area contributed by atoms with Crippen molar-refractivity contribution in [3.05, 3.63) is 76.8 Å². The summed E-state index contributed by atoms with van der Waals surface area (Å²) in [5.74, 6) is -1.47. The second kappa shape index (κ2) is 8.49. The van der Waals surface area contributed by atoms with E-state index < -0.39 is 5.97 Å². The maximum absolute atomic E-state index is 13.4. The van der Waals surface area contributed by atoms with E-state index in [4.69, 9.17) is 0 Å². The van der Waals surface area contributed by atoms with Crippen molar-refractivity contribution in [3.63, 3.8) is 0 Å². The first-order chi connectivity index (χ1) is 15.0. The van der Waals surface area contributed by atoms with Crippen LogP contribution in [0.25, 0.3) is 28.0 Å². The monoisotopic (exact) mass is 452 g/mol. The van der Waals surface area contributed by atoms with Gasteiger partial charge in [0.05, 0.1) is 17.2 Å². The van der Waals surface area contributed by atoms with Gasteiger partial charge in [-0.15, -0.1) is 12.4 Å². The molecule has 0 saturated carbocycles. The number of rotatable bonds is 4. The van der Waals surface area contributed by atoms with Gasteiger partial charge in [-0.3, -0.25) is 9.13 Å². The van der Waals surface area contributed by atoms with Crippen LogP contribution in [-0.4, -0.2) is 43.4 Å². The van der Waals surface area contributed by atoms with Crippen molar-refractivity contribution in [1.29, 1.82) is 0 Å². The molecule has 1 fully saturated rings. The molecule has 1 atom stereocenters. The predicted molar refractivity (Wildman–Crippen MR) is 123 cm³/mol. The number of fused-ring (bicyclic) bond motifs is 1. The van der Waals surface area contributed by atoms with Crippen molar-refractivity contribution < 1.29 is 15.0 Å². The van der Waals surface area contributed by atoms with E-state index >= 15 is 0 Å². The summed E-state index contributed by atoms with van der Waals surface area (Å²) in [5.41, 5.74) is 3.26. The van der Waals surface area contributed by atoms with E-state index in [2.05, 4.69) is 10.3 Å². The summed E-state index contributed by atoms with van der Waals surface area (Å²) in [6.45, 7) is 1.61. The Balaban J connectivity index is 0.00000245. The van der Waals surface area contributed by atoms with Gasteiger partial charge < -0.3 is 15.5 Å². The Bertz CT molecular complexity index is 1350. The molecule has 1 unspecified atom stereocenters. The number of aromatic nitrogens is 3. The number of carbonyl (C=O) groups is 1. The van der Waals surface area contributed by atoms with Gasteiger partial charge in [-0.1, -0.05) is 18.2 Å². The van der Waals surface area contributed by atoms with Crippen LogP contribution >= 0.6 is 12.4 Å². The zero-order chi connectivity index (χ0) is 21.5. The molecule has 3 heterocycles. The highest BCUT2D eigenvalue weighted by Crippen LogP contribution is 2.28. The van der Waals surface area contributed by atoms with Gasteiger partial charge in [0.25, 0.3) is 0 Å². The molecule has 8 nitrogen and oxygen atoms in total. The molecule has 0 aliphatic carbocycles. The van der Waals surface area contributed by atoms with E-state index in [1.54, 1.807) is 21.4 Å². The van der Waals surface area contributed by atoms with Crippen molar-refractivity contribution in [3.8, 4) is 22.6 Å². The maximum Gasteiger partial charge on any atom is 0.339 e. The minimum atomic E-state index is -1.19. The molecular weight excluding hydrogens is 432 g/mol. The van der Waals surface area contributed by atoms with Crippen molar-refractivity contribution in [1.82, 2.24) is 19.4 Å². The average molecular weight is 453 g/mol. The number of halogens is 1. The SMILES string of the molecule is Cl.O=C(O)c1cc(-c2ccc(-n3c(=O)n(C4CCNC4)c4ncccc43)cc2)ccc1O. The smallest absolute Gasteiger partial charge is 0.339 e. The number of hydrogen-bond acceptors (Lipinski definition) is 5. The molecule has 9 heteroatoms. The Morgan fingerprint density at radius 3 is 2.53 bits per heavy atom. The molecule has 0 amide bonds. The summed E-state index contributed by atoms with van der Waals surface area (Å²) in [5, 5.41) is 22.3. The van der Waals surface area contributed by atoms with Crippen LogP contribution in [0.4, 0.5) is 0 Å². The summed E-state index contributed by atoms with van der Waals surface area (Å²) in [4.78, 5) is 29.1. The highest BCUT2D eigenvalue weighted by Gasteiger charge is 2.24. The summed E-state index contributed by atoms with van der Waals surface area (Å²) in [7, 11) is 0. The molecule has 1 aliphatic heterocycles. The van der Waals surface area contributed by atoms with E-state index in [1.165, 1.54) is 12.1 Å². The molecule has 5 rings (SSSR count). The number of nitrogens with zero attached hydrogens (tertiary/aromatic N) is 3. The lowest BCUT2D eigenvalue weighted by atomic mass is 10.0. The fourth-order valence-electron chi connectivity index (χ4n) is 4.18. The number of aromatic carboxylic acids is 1. The second-order valence-corrected chi connectivity index (χ2v) is 7.56. The lowest BCUT2D eigenvalue weighted by Crippen LogP contribution is -2.28. The third-order valence-corrected chi connectivity index (χ3v) is 5.72. The van der Waals surface area contributed by atoms with E-state index in [-0.39, 0.29) is 35.5 Å². The topological polar surface area (TPSA) is 109 Å². The fourth-order valence-corrected chi connectivity index (χ4v) is 4.18. The van der Waals surface area contributed by atoms with Crippen LogP contribution in [0.2, 0.25) is 0 Å². The normalized spacial score (nSPS) is 15.6. The quantitative estimate of drug-likeness (QED) is 0.438. The van der Waals surface area contributed by atoms with Crippen LogP contribution in [0.15, 0.2) is 65.6 Å². The van der Waals surface area contributed by atoms with Crippen LogP contribution < -0.4 is 11.0 Å². The lowest BCUT2D eigenvalue weighted by Gasteiger charge is -2.09. The van der Waals surface area contributed by atoms with Gasteiger partial charge >= 0.3 is 11.7 Å².